The maximum absolute atomic E-state index is 12.1. The number of phenols is 1. The molecule has 6 nitrogen and oxygen atoms in total. The summed E-state index contributed by atoms with van der Waals surface area (Å²) in [6.45, 7) is 0.422. The van der Waals surface area contributed by atoms with E-state index in [1.807, 2.05) is 11.6 Å². The quantitative estimate of drug-likeness (QED) is 0.860. The Kier molecular flexibility index (Phi) is 4.85. The number of hydrogen-bond acceptors (Lipinski definition) is 4. The average Bonchev–Trinajstić information content (AvgIpc) is 2.79. The first kappa shape index (κ1) is 15.4. The van der Waals surface area contributed by atoms with Crippen LogP contribution in [0.15, 0.2) is 29.1 Å². The Hall–Kier alpha value is -2.02. The lowest BCUT2D eigenvalue weighted by atomic mass is 10.1. The summed E-state index contributed by atoms with van der Waals surface area (Å²) in [7, 11) is 3.39. The lowest BCUT2D eigenvalue weighted by Gasteiger charge is -2.08. The van der Waals surface area contributed by atoms with E-state index >= 15 is 0 Å². The van der Waals surface area contributed by atoms with Gasteiger partial charge in [0.15, 0.2) is 0 Å². The topological polar surface area (TPSA) is 76.4 Å². The van der Waals surface area contributed by atoms with Gasteiger partial charge >= 0.3 is 0 Å². The summed E-state index contributed by atoms with van der Waals surface area (Å²) in [6, 6.07) is 4.53. The Morgan fingerprint density at radius 2 is 2.29 bits per heavy atom. The minimum atomic E-state index is -0.349. The molecule has 1 aromatic carbocycles. The van der Waals surface area contributed by atoms with Crippen LogP contribution in [0.1, 0.15) is 16.1 Å². The van der Waals surface area contributed by atoms with Gasteiger partial charge < -0.3 is 19.7 Å². The zero-order valence-corrected chi connectivity index (χ0v) is 13.3. The third kappa shape index (κ3) is 3.55. The largest absolute Gasteiger partial charge is 0.507 e. The molecule has 0 fully saturated rings. The Balaban J connectivity index is 1.97. The SMILES string of the molecule is COc1ccc(O)c(C(=O)NCCc2ncn(C)c2Br)c1. The first-order valence-corrected chi connectivity index (χ1v) is 7.13. The molecule has 0 aliphatic heterocycles. The summed E-state index contributed by atoms with van der Waals surface area (Å²) in [4.78, 5) is 16.3. The maximum atomic E-state index is 12.1. The van der Waals surface area contributed by atoms with E-state index in [1.54, 1.807) is 12.4 Å². The number of aromatic nitrogens is 2. The fourth-order valence-electron chi connectivity index (χ4n) is 1.85. The number of imidazole rings is 1. The molecule has 0 spiro atoms. The number of aryl methyl sites for hydroxylation is 1. The molecule has 2 N–H and O–H groups in total. The van der Waals surface area contributed by atoms with Crippen LogP contribution in [0.25, 0.3) is 0 Å². The number of ether oxygens (including phenoxy) is 1. The average molecular weight is 354 g/mol. The van der Waals surface area contributed by atoms with Crippen molar-refractivity contribution < 1.29 is 14.6 Å². The van der Waals surface area contributed by atoms with E-state index in [0.717, 1.165) is 10.3 Å². The smallest absolute Gasteiger partial charge is 0.255 e. The highest BCUT2D eigenvalue weighted by atomic mass is 79.9. The molecule has 7 heteroatoms. The van der Waals surface area contributed by atoms with Crippen LogP contribution in [-0.2, 0) is 13.5 Å². The predicted octanol–water partition coefficient (Wildman–Crippen LogP) is 1.87. The second-order valence-electron chi connectivity index (χ2n) is 4.48. The minimum Gasteiger partial charge on any atom is -0.507 e. The van der Waals surface area contributed by atoms with Crippen LogP contribution in [0.5, 0.6) is 11.5 Å². The third-order valence-corrected chi connectivity index (χ3v) is 4.05. The lowest BCUT2D eigenvalue weighted by molar-refractivity contribution is 0.0951. The summed E-state index contributed by atoms with van der Waals surface area (Å²) in [5, 5.41) is 12.5. The molecule has 0 saturated heterocycles. The summed E-state index contributed by atoms with van der Waals surface area (Å²) < 4.78 is 7.78. The van der Waals surface area contributed by atoms with Crippen LogP contribution in [0.2, 0.25) is 0 Å². The monoisotopic (exact) mass is 353 g/mol. The van der Waals surface area contributed by atoms with E-state index < -0.39 is 0 Å². The van der Waals surface area contributed by atoms with Crippen molar-refractivity contribution >= 4 is 21.8 Å². The molecule has 1 heterocycles. The molecule has 2 rings (SSSR count). The van der Waals surface area contributed by atoms with Crippen molar-refractivity contribution in [1.29, 1.82) is 0 Å². The number of nitrogens with one attached hydrogen (secondary N) is 1. The van der Waals surface area contributed by atoms with Gasteiger partial charge in [0.05, 0.1) is 24.7 Å². The van der Waals surface area contributed by atoms with Gasteiger partial charge in [-0.15, -0.1) is 0 Å². The van der Waals surface area contributed by atoms with Crippen LogP contribution in [0, 0.1) is 0 Å². The van der Waals surface area contributed by atoms with Crippen LogP contribution in [0.4, 0.5) is 0 Å². The van der Waals surface area contributed by atoms with Crippen molar-refractivity contribution in [1.82, 2.24) is 14.9 Å². The first-order valence-electron chi connectivity index (χ1n) is 6.34. The number of amides is 1. The van der Waals surface area contributed by atoms with Crippen LogP contribution >= 0.6 is 15.9 Å². The van der Waals surface area contributed by atoms with Gasteiger partial charge in [-0.1, -0.05) is 0 Å². The second kappa shape index (κ2) is 6.62. The van der Waals surface area contributed by atoms with Crippen molar-refractivity contribution in [2.45, 2.75) is 6.42 Å². The molecular weight excluding hydrogens is 338 g/mol. The summed E-state index contributed by atoms with van der Waals surface area (Å²) in [5.41, 5.74) is 1.06. The molecule has 0 aliphatic rings. The lowest BCUT2D eigenvalue weighted by Crippen LogP contribution is -2.26. The van der Waals surface area contributed by atoms with E-state index in [0.29, 0.717) is 18.7 Å². The van der Waals surface area contributed by atoms with Crippen LogP contribution in [-0.4, -0.2) is 34.2 Å². The first-order chi connectivity index (χ1) is 10.0. The number of hydrogen-bond donors (Lipinski definition) is 2. The highest BCUT2D eigenvalue weighted by Gasteiger charge is 2.13. The molecule has 21 heavy (non-hydrogen) atoms. The van der Waals surface area contributed by atoms with Gasteiger partial charge in [0.2, 0.25) is 0 Å². The van der Waals surface area contributed by atoms with Crippen molar-refractivity contribution in [3.05, 3.63) is 40.4 Å². The molecule has 0 atom stereocenters. The van der Waals surface area contributed by atoms with Crippen molar-refractivity contribution in [3.63, 3.8) is 0 Å². The fourth-order valence-corrected chi connectivity index (χ4v) is 2.24. The van der Waals surface area contributed by atoms with Gasteiger partial charge in [0.1, 0.15) is 16.1 Å². The molecule has 1 aromatic heterocycles. The third-order valence-electron chi connectivity index (χ3n) is 3.03. The maximum Gasteiger partial charge on any atom is 0.255 e. The standard InChI is InChI=1S/C14H16BrN3O3/c1-18-8-17-11(13(18)15)5-6-16-14(20)10-7-9(21-2)3-4-12(10)19/h3-4,7-8,19H,5-6H2,1-2H3,(H,16,20). The van der Waals surface area contributed by atoms with E-state index in [-0.39, 0.29) is 17.2 Å². The normalized spacial score (nSPS) is 10.4. The molecule has 112 valence electrons. The van der Waals surface area contributed by atoms with Crippen molar-refractivity contribution in [2.75, 3.05) is 13.7 Å². The van der Waals surface area contributed by atoms with E-state index in [9.17, 15) is 9.90 Å². The van der Waals surface area contributed by atoms with Gasteiger partial charge in [0, 0.05) is 20.0 Å². The number of aromatic hydroxyl groups is 1. The van der Waals surface area contributed by atoms with Gasteiger partial charge in [-0.3, -0.25) is 4.79 Å². The highest BCUT2D eigenvalue weighted by Crippen LogP contribution is 2.22. The number of methoxy groups -OCH3 is 1. The number of halogens is 1. The molecule has 0 unspecified atom stereocenters. The number of nitrogens with zero attached hydrogens (tertiary/aromatic N) is 2. The summed E-state index contributed by atoms with van der Waals surface area (Å²) in [6.07, 6.45) is 2.30. The number of carbonyl (C=O) groups is 1. The molecule has 2 aromatic rings. The number of phenolic OH excluding ortho intramolecular Hbond substituents is 1. The van der Waals surface area contributed by atoms with E-state index in [4.69, 9.17) is 4.74 Å². The Labute approximate surface area is 130 Å². The van der Waals surface area contributed by atoms with Crippen LogP contribution < -0.4 is 10.1 Å². The fraction of sp³-hybridized carbons (Fsp3) is 0.286. The Morgan fingerprint density at radius 1 is 1.52 bits per heavy atom. The van der Waals surface area contributed by atoms with Gasteiger partial charge in [-0.25, -0.2) is 4.98 Å². The van der Waals surface area contributed by atoms with E-state index in [1.165, 1.54) is 19.2 Å². The van der Waals surface area contributed by atoms with Crippen molar-refractivity contribution in [2.24, 2.45) is 7.05 Å². The zero-order valence-electron chi connectivity index (χ0n) is 11.8. The summed E-state index contributed by atoms with van der Waals surface area (Å²) >= 11 is 3.42. The molecule has 0 saturated carbocycles. The highest BCUT2D eigenvalue weighted by molar-refractivity contribution is 9.10. The zero-order chi connectivity index (χ0) is 15.4. The number of benzene rings is 1. The Morgan fingerprint density at radius 3 is 2.90 bits per heavy atom. The number of rotatable bonds is 5. The van der Waals surface area contributed by atoms with Gasteiger partial charge in [-0.2, -0.15) is 0 Å². The Bertz CT molecular complexity index is 655. The molecular formula is C14H16BrN3O3. The predicted molar refractivity (Wildman–Crippen MR) is 81.6 cm³/mol. The molecule has 0 bridgehead atoms. The van der Waals surface area contributed by atoms with Crippen molar-refractivity contribution in [3.8, 4) is 11.5 Å². The summed E-state index contributed by atoms with van der Waals surface area (Å²) in [5.74, 6) is 0.0937. The molecule has 1 amide bonds. The van der Waals surface area contributed by atoms with Gasteiger partial charge in [0.25, 0.3) is 5.91 Å². The van der Waals surface area contributed by atoms with E-state index in [2.05, 4.69) is 26.2 Å². The second-order valence-corrected chi connectivity index (χ2v) is 5.23. The minimum absolute atomic E-state index is 0.0766. The van der Waals surface area contributed by atoms with Crippen LogP contribution in [0.3, 0.4) is 0 Å². The molecule has 0 aliphatic carbocycles. The van der Waals surface area contributed by atoms with Gasteiger partial charge in [-0.05, 0) is 34.1 Å². The molecule has 0 radical (unpaired) electrons. The number of carbonyl (C=O) groups excluding carboxylic acids is 1.